The van der Waals surface area contributed by atoms with Crippen LogP contribution < -0.4 is 10.5 Å². The van der Waals surface area contributed by atoms with E-state index in [0.717, 1.165) is 18.7 Å². The maximum absolute atomic E-state index is 11.8. The largest absolute Gasteiger partial charge is 0.488 e. The van der Waals surface area contributed by atoms with Crippen LogP contribution in [0.1, 0.15) is 20.3 Å². The first-order valence-corrected chi connectivity index (χ1v) is 6.37. The van der Waals surface area contributed by atoms with E-state index in [1.165, 1.54) is 0 Å². The van der Waals surface area contributed by atoms with Gasteiger partial charge in [0.1, 0.15) is 11.9 Å². The predicted octanol–water partition coefficient (Wildman–Crippen LogP) is 1.90. The molecule has 1 amide bonds. The molecule has 1 aliphatic rings. The second-order valence-electron chi connectivity index (χ2n) is 5.04. The summed E-state index contributed by atoms with van der Waals surface area (Å²) in [6.07, 6.45) is 0.960. The van der Waals surface area contributed by atoms with Crippen molar-refractivity contribution in [3.05, 3.63) is 24.3 Å². The summed E-state index contributed by atoms with van der Waals surface area (Å²) >= 11 is 0. The third-order valence-electron chi connectivity index (χ3n) is 3.11. The highest BCUT2D eigenvalue weighted by Crippen LogP contribution is 2.21. The molecule has 0 saturated carbocycles. The lowest BCUT2D eigenvalue weighted by atomic mass is 10.2. The number of likely N-dealkylation sites (tertiary alicyclic amines) is 1. The minimum absolute atomic E-state index is 0.0520. The topological polar surface area (TPSA) is 55.6 Å². The van der Waals surface area contributed by atoms with Crippen molar-refractivity contribution in [3.8, 4) is 5.75 Å². The second kappa shape index (κ2) is 5.29. The van der Waals surface area contributed by atoms with Crippen LogP contribution in [0.25, 0.3) is 0 Å². The number of hydrogen-bond acceptors (Lipinski definition) is 3. The Morgan fingerprint density at radius 2 is 2.28 bits per heavy atom. The van der Waals surface area contributed by atoms with Crippen molar-refractivity contribution < 1.29 is 9.53 Å². The fraction of sp³-hybridized carbons (Fsp3) is 0.500. The first-order chi connectivity index (χ1) is 8.56. The van der Waals surface area contributed by atoms with Crippen LogP contribution in [0.2, 0.25) is 0 Å². The number of ether oxygens (including phenoxy) is 1. The molecule has 1 aromatic carbocycles. The molecule has 1 aliphatic heterocycles. The molecule has 1 saturated heterocycles. The minimum atomic E-state index is 0.0520. The molecule has 1 atom stereocenters. The molecule has 2 N–H and O–H groups in total. The molecule has 4 nitrogen and oxygen atoms in total. The lowest BCUT2D eigenvalue weighted by Crippen LogP contribution is -2.33. The van der Waals surface area contributed by atoms with Crippen LogP contribution in [0, 0.1) is 5.92 Å². The fourth-order valence-electron chi connectivity index (χ4n) is 2.17. The van der Waals surface area contributed by atoms with Crippen molar-refractivity contribution in [2.24, 2.45) is 5.92 Å². The molecule has 4 heteroatoms. The molecular formula is C14H20N2O2. The third kappa shape index (κ3) is 2.94. The molecule has 0 aliphatic carbocycles. The van der Waals surface area contributed by atoms with Gasteiger partial charge in [0, 0.05) is 30.6 Å². The number of nitrogen functional groups attached to an aromatic ring is 1. The van der Waals surface area contributed by atoms with Crippen LogP contribution >= 0.6 is 0 Å². The van der Waals surface area contributed by atoms with E-state index in [1.54, 1.807) is 0 Å². The summed E-state index contributed by atoms with van der Waals surface area (Å²) in [6.45, 7) is 5.30. The molecule has 1 unspecified atom stereocenters. The highest BCUT2D eigenvalue weighted by atomic mass is 16.5. The fourth-order valence-corrected chi connectivity index (χ4v) is 2.17. The monoisotopic (exact) mass is 248 g/mol. The van der Waals surface area contributed by atoms with E-state index in [2.05, 4.69) is 0 Å². The van der Waals surface area contributed by atoms with Crippen molar-refractivity contribution in [1.29, 1.82) is 0 Å². The van der Waals surface area contributed by atoms with E-state index in [0.29, 0.717) is 12.2 Å². The van der Waals surface area contributed by atoms with Crippen molar-refractivity contribution in [1.82, 2.24) is 4.90 Å². The van der Waals surface area contributed by atoms with Gasteiger partial charge in [0.25, 0.3) is 0 Å². The number of carbonyl (C=O) groups excluding carboxylic acids is 1. The summed E-state index contributed by atoms with van der Waals surface area (Å²) in [6, 6.07) is 7.41. The maximum atomic E-state index is 11.8. The normalized spacial score (nSPS) is 19.3. The first-order valence-electron chi connectivity index (χ1n) is 6.37. The Hall–Kier alpha value is -1.71. The van der Waals surface area contributed by atoms with E-state index in [9.17, 15) is 4.79 Å². The van der Waals surface area contributed by atoms with Gasteiger partial charge in [0.2, 0.25) is 5.91 Å². The highest BCUT2D eigenvalue weighted by Gasteiger charge is 2.28. The van der Waals surface area contributed by atoms with Crippen molar-refractivity contribution in [2.75, 3.05) is 18.8 Å². The summed E-state index contributed by atoms with van der Waals surface area (Å²) < 4.78 is 5.84. The number of hydrogen-bond donors (Lipinski definition) is 1. The van der Waals surface area contributed by atoms with Crippen LogP contribution in [-0.2, 0) is 4.79 Å². The lowest BCUT2D eigenvalue weighted by Gasteiger charge is -2.19. The summed E-state index contributed by atoms with van der Waals surface area (Å²) in [5.41, 5.74) is 6.40. The van der Waals surface area contributed by atoms with Crippen LogP contribution in [0.15, 0.2) is 24.3 Å². The number of carbonyl (C=O) groups is 1. The average molecular weight is 248 g/mol. The number of benzene rings is 1. The van der Waals surface area contributed by atoms with E-state index in [-0.39, 0.29) is 17.9 Å². The molecule has 0 aromatic heterocycles. The third-order valence-corrected chi connectivity index (χ3v) is 3.11. The van der Waals surface area contributed by atoms with E-state index < -0.39 is 0 Å². The van der Waals surface area contributed by atoms with Gasteiger partial charge in [-0.15, -0.1) is 0 Å². The first kappa shape index (κ1) is 12.7. The van der Waals surface area contributed by atoms with Gasteiger partial charge in [-0.05, 0) is 12.1 Å². The summed E-state index contributed by atoms with van der Waals surface area (Å²) in [4.78, 5) is 13.7. The summed E-state index contributed by atoms with van der Waals surface area (Å²) in [5, 5.41) is 0. The molecule has 98 valence electrons. The molecule has 0 spiro atoms. The Bertz CT molecular complexity index is 432. The number of nitrogens with two attached hydrogens (primary N) is 1. The molecule has 1 fully saturated rings. The smallest absolute Gasteiger partial charge is 0.225 e. The Labute approximate surface area is 108 Å². The number of nitrogens with zero attached hydrogens (tertiary/aromatic N) is 1. The quantitative estimate of drug-likeness (QED) is 0.831. The van der Waals surface area contributed by atoms with Gasteiger partial charge in [-0.25, -0.2) is 0 Å². The standard InChI is InChI=1S/C14H20N2O2/c1-10(2)14(17)16-7-6-13(9-16)18-12-5-3-4-11(15)8-12/h3-5,8,10,13H,6-7,9,15H2,1-2H3. The molecule has 1 heterocycles. The van der Waals surface area contributed by atoms with Gasteiger partial charge in [0.05, 0.1) is 6.54 Å². The van der Waals surface area contributed by atoms with Gasteiger partial charge in [-0.1, -0.05) is 19.9 Å². The van der Waals surface area contributed by atoms with Crippen molar-refractivity contribution >= 4 is 11.6 Å². The Kier molecular flexibility index (Phi) is 3.75. The van der Waals surface area contributed by atoms with Gasteiger partial charge in [-0.2, -0.15) is 0 Å². The molecule has 0 radical (unpaired) electrons. The Morgan fingerprint density at radius 3 is 2.94 bits per heavy atom. The predicted molar refractivity (Wildman–Crippen MR) is 71.3 cm³/mol. The highest BCUT2D eigenvalue weighted by molar-refractivity contribution is 5.78. The number of anilines is 1. The lowest BCUT2D eigenvalue weighted by molar-refractivity contribution is -0.133. The summed E-state index contributed by atoms with van der Waals surface area (Å²) in [5.74, 6) is 1.03. The Balaban J connectivity index is 1.92. The zero-order chi connectivity index (χ0) is 13.1. The zero-order valence-corrected chi connectivity index (χ0v) is 10.9. The zero-order valence-electron chi connectivity index (χ0n) is 10.9. The van der Waals surface area contributed by atoms with Gasteiger partial charge < -0.3 is 15.4 Å². The van der Waals surface area contributed by atoms with Gasteiger partial charge in [0.15, 0.2) is 0 Å². The SMILES string of the molecule is CC(C)C(=O)N1CCC(Oc2cccc(N)c2)C1. The van der Waals surface area contributed by atoms with Gasteiger partial charge >= 0.3 is 0 Å². The van der Waals surface area contributed by atoms with Crippen LogP contribution in [-0.4, -0.2) is 30.0 Å². The molecular weight excluding hydrogens is 228 g/mol. The number of rotatable bonds is 3. The van der Waals surface area contributed by atoms with Crippen molar-refractivity contribution in [2.45, 2.75) is 26.4 Å². The maximum Gasteiger partial charge on any atom is 0.225 e. The van der Waals surface area contributed by atoms with E-state index >= 15 is 0 Å². The number of amides is 1. The van der Waals surface area contributed by atoms with Crippen LogP contribution in [0.5, 0.6) is 5.75 Å². The average Bonchev–Trinajstić information content (AvgIpc) is 2.76. The van der Waals surface area contributed by atoms with Crippen LogP contribution in [0.3, 0.4) is 0 Å². The second-order valence-corrected chi connectivity index (χ2v) is 5.04. The molecule has 0 bridgehead atoms. The van der Waals surface area contributed by atoms with Crippen LogP contribution in [0.4, 0.5) is 5.69 Å². The van der Waals surface area contributed by atoms with Gasteiger partial charge in [-0.3, -0.25) is 4.79 Å². The van der Waals surface area contributed by atoms with Crippen molar-refractivity contribution in [3.63, 3.8) is 0 Å². The Morgan fingerprint density at radius 1 is 1.50 bits per heavy atom. The molecule has 1 aromatic rings. The van der Waals surface area contributed by atoms with E-state index in [4.69, 9.17) is 10.5 Å². The summed E-state index contributed by atoms with van der Waals surface area (Å²) in [7, 11) is 0. The van der Waals surface area contributed by atoms with E-state index in [1.807, 2.05) is 43.0 Å². The minimum Gasteiger partial charge on any atom is -0.488 e. The molecule has 2 rings (SSSR count). The molecule has 18 heavy (non-hydrogen) atoms.